The lowest BCUT2D eigenvalue weighted by Crippen LogP contribution is -2.14. The molecule has 0 N–H and O–H groups in total. The van der Waals surface area contributed by atoms with Crippen molar-refractivity contribution in [2.24, 2.45) is 5.41 Å². The third-order valence-corrected chi connectivity index (χ3v) is 4.39. The Kier molecular flexibility index (Phi) is 3.25. The molecule has 0 aliphatic heterocycles. The summed E-state index contributed by atoms with van der Waals surface area (Å²) in [5.74, 6) is 1.41. The molecule has 2 heterocycles. The van der Waals surface area contributed by atoms with Crippen molar-refractivity contribution in [1.82, 2.24) is 14.5 Å². The second-order valence-corrected chi connectivity index (χ2v) is 6.12. The summed E-state index contributed by atoms with van der Waals surface area (Å²) in [6, 6.07) is 2.09. The van der Waals surface area contributed by atoms with Crippen LogP contribution < -0.4 is 0 Å². The third-order valence-electron chi connectivity index (χ3n) is 4.15. The van der Waals surface area contributed by atoms with Crippen molar-refractivity contribution in [2.75, 3.05) is 0 Å². The number of hydrogen-bond acceptors (Lipinski definition) is 2. The molecule has 0 spiro atoms. The van der Waals surface area contributed by atoms with Gasteiger partial charge in [0.25, 0.3) is 0 Å². The first kappa shape index (κ1) is 12.9. The predicted octanol–water partition coefficient (Wildman–Crippen LogP) is 4.06. The monoisotopic (exact) mass is 277 g/mol. The summed E-state index contributed by atoms with van der Waals surface area (Å²) >= 11 is 6.06. The molecule has 0 aromatic carbocycles. The summed E-state index contributed by atoms with van der Waals surface area (Å²) in [6.07, 6.45) is 7.11. The van der Waals surface area contributed by atoms with Gasteiger partial charge in [0.15, 0.2) is 5.65 Å². The molecule has 1 saturated carbocycles. The maximum Gasteiger partial charge on any atom is 0.160 e. The fraction of sp³-hybridized carbons (Fsp3) is 0.600. The van der Waals surface area contributed by atoms with Gasteiger partial charge in [0.1, 0.15) is 11.3 Å². The van der Waals surface area contributed by atoms with Crippen LogP contribution in [0.3, 0.4) is 0 Å². The molecule has 0 amide bonds. The average Bonchev–Trinajstić information content (AvgIpc) is 3.06. The number of nitrogens with zero attached hydrogens (tertiary/aromatic N) is 3. The van der Waals surface area contributed by atoms with Crippen molar-refractivity contribution in [2.45, 2.75) is 52.0 Å². The van der Waals surface area contributed by atoms with Gasteiger partial charge >= 0.3 is 0 Å². The van der Waals surface area contributed by atoms with E-state index < -0.39 is 0 Å². The van der Waals surface area contributed by atoms with Gasteiger partial charge in [-0.15, -0.1) is 11.6 Å². The second-order valence-electron chi connectivity index (χ2n) is 5.85. The van der Waals surface area contributed by atoms with Gasteiger partial charge in [-0.1, -0.05) is 13.3 Å². The number of aryl methyl sites for hydroxylation is 1. The minimum Gasteiger partial charge on any atom is -0.311 e. The zero-order valence-corrected chi connectivity index (χ0v) is 12.4. The summed E-state index contributed by atoms with van der Waals surface area (Å²) in [4.78, 5) is 9.20. The van der Waals surface area contributed by atoms with E-state index in [4.69, 9.17) is 11.6 Å². The Bertz CT molecular complexity index is 599. The quantitative estimate of drug-likeness (QED) is 0.772. The molecule has 4 heteroatoms. The Hall–Kier alpha value is -1.09. The van der Waals surface area contributed by atoms with Crippen LogP contribution in [0.5, 0.6) is 0 Å². The number of rotatable bonds is 5. The molecule has 2 aromatic heterocycles. The van der Waals surface area contributed by atoms with E-state index in [1.807, 2.05) is 13.1 Å². The topological polar surface area (TPSA) is 30.7 Å². The normalized spacial score (nSPS) is 17.0. The van der Waals surface area contributed by atoms with E-state index in [0.717, 1.165) is 29.1 Å². The number of pyridine rings is 1. The van der Waals surface area contributed by atoms with Crippen LogP contribution in [0.1, 0.15) is 44.0 Å². The minimum atomic E-state index is 0.456. The minimum absolute atomic E-state index is 0.456. The van der Waals surface area contributed by atoms with Crippen molar-refractivity contribution in [3.05, 3.63) is 23.7 Å². The number of hydrogen-bond donors (Lipinski definition) is 0. The van der Waals surface area contributed by atoms with Gasteiger partial charge in [0, 0.05) is 12.7 Å². The Morgan fingerprint density at radius 3 is 2.84 bits per heavy atom. The molecule has 3 rings (SSSR count). The molecule has 1 aliphatic carbocycles. The van der Waals surface area contributed by atoms with Crippen LogP contribution in [0.2, 0.25) is 0 Å². The lowest BCUT2D eigenvalue weighted by atomic mass is 10.0. The molecular weight excluding hydrogens is 258 g/mol. The molecule has 3 nitrogen and oxygen atoms in total. The standard InChI is InChI=1S/C15H20ClN3/c1-3-4-15(5-6-15)10-19-13(8-16)18-12-7-11(2)9-17-14(12)19/h7,9H,3-6,8,10H2,1-2H3. The van der Waals surface area contributed by atoms with Crippen LogP contribution in [0.25, 0.3) is 11.2 Å². The first-order chi connectivity index (χ1) is 9.17. The Balaban J connectivity index is 2.01. The molecule has 102 valence electrons. The second kappa shape index (κ2) is 4.78. The SMILES string of the molecule is CCCC1(Cn2c(CCl)nc3cc(C)cnc32)CC1. The molecule has 0 saturated heterocycles. The summed E-state index contributed by atoms with van der Waals surface area (Å²) in [6.45, 7) is 5.33. The van der Waals surface area contributed by atoms with Crippen LogP contribution in [-0.2, 0) is 12.4 Å². The van der Waals surface area contributed by atoms with Gasteiger partial charge in [-0.25, -0.2) is 9.97 Å². The van der Waals surface area contributed by atoms with E-state index in [-0.39, 0.29) is 0 Å². The van der Waals surface area contributed by atoms with Gasteiger partial charge in [-0.05, 0) is 43.2 Å². The van der Waals surface area contributed by atoms with E-state index in [0.29, 0.717) is 11.3 Å². The molecule has 0 unspecified atom stereocenters. The number of alkyl halides is 1. The first-order valence-corrected chi connectivity index (χ1v) is 7.59. The smallest absolute Gasteiger partial charge is 0.160 e. The van der Waals surface area contributed by atoms with E-state index >= 15 is 0 Å². The van der Waals surface area contributed by atoms with E-state index in [9.17, 15) is 0 Å². The number of imidazole rings is 1. The van der Waals surface area contributed by atoms with E-state index in [1.165, 1.54) is 25.7 Å². The number of halogens is 1. The van der Waals surface area contributed by atoms with Crippen molar-refractivity contribution in [1.29, 1.82) is 0 Å². The third kappa shape index (κ3) is 2.36. The zero-order chi connectivity index (χ0) is 13.5. The molecule has 0 bridgehead atoms. The number of aromatic nitrogens is 3. The summed E-state index contributed by atoms with van der Waals surface area (Å²) in [5.41, 5.74) is 3.59. The zero-order valence-electron chi connectivity index (χ0n) is 11.6. The van der Waals surface area contributed by atoms with Crippen LogP contribution >= 0.6 is 11.6 Å². The molecular formula is C15H20ClN3. The molecule has 1 aliphatic rings. The van der Waals surface area contributed by atoms with E-state index in [1.54, 1.807) is 0 Å². The van der Waals surface area contributed by atoms with Gasteiger partial charge in [-0.2, -0.15) is 0 Å². The van der Waals surface area contributed by atoms with Crippen molar-refractivity contribution < 1.29 is 0 Å². The van der Waals surface area contributed by atoms with Gasteiger partial charge in [0.05, 0.1) is 5.88 Å². The summed E-state index contributed by atoms with van der Waals surface area (Å²) in [5, 5.41) is 0. The van der Waals surface area contributed by atoms with Crippen LogP contribution in [0, 0.1) is 12.3 Å². The number of fused-ring (bicyclic) bond motifs is 1. The van der Waals surface area contributed by atoms with Crippen LogP contribution in [-0.4, -0.2) is 14.5 Å². The molecule has 0 atom stereocenters. The Morgan fingerprint density at radius 1 is 1.42 bits per heavy atom. The molecule has 0 radical (unpaired) electrons. The predicted molar refractivity (Wildman–Crippen MR) is 78.4 cm³/mol. The maximum atomic E-state index is 6.06. The first-order valence-electron chi connectivity index (χ1n) is 7.05. The molecule has 2 aromatic rings. The lowest BCUT2D eigenvalue weighted by molar-refractivity contribution is 0.388. The lowest BCUT2D eigenvalue weighted by Gasteiger charge is -2.16. The van der Waals surface area contributed by atoms with Crippen molar-refractivity contribution >= 4 is 22.8 Å². The maximum absolute atomic E-state index is 6.06. The van der Waals surface area contributed by atoms with Gasteiger partial charge in [0.2, 0.25) is 0 Å². The highest BCUT2D eigenvalue weighted by Gasteiger charge is 2.42. The molecule has 1 fully saturated rings. The largest absolute Gasteiger partial charge is 0.311 e. The van der Waals surface area contributed by atoms with Crippen LogP contribution in [0.4, 0.5) is 0 Å². The van der Waals surface area contributed by atoms with E-state index in [2.05, 4.69) is 27.5 Å². The fourth-order valence-electron chi connectivity index (χ4n) is 2.96. The Labute approximate surface area is 119 Å². The highest BCUT2D eigenvalue weighted by molar-refractivity contribution is 6.16. The highest BCUT2D eigenvalue weighted by Crippen LogP contribution is 2.51. The highest BCUT2D eigenvalue weighted by atomic mass is 35.5. The fourth-order valence-corrected chi connectivity index (χ4v) is 3.16. The van der Waals surface area contributed by atoms with Gasteiger partial charge < -0.3 is 4.57 Å². The van der Waals surface area contributed by atoms with Crippen LogP contribution in [0.15, 0.2) is 12.3 Å². The van der Waals surface area contributed by atoms with Gasteiger partial charge in [-0.3, -0.25) is 0 Å². The average molecular weight is 278 g/mol. The van der Waals surface area contributed by atoms with Crippen molar-refractivity contribution in [3.8, 4) is 0 Å². The summed E-state index contributed by atoms with van der Waals surface area (Å²) in [7, 11) is 0. The Morgan fingerprint density at radius 2 is 2.21 bits per heavy atom. The van der Waals surface area contributed by atoms with Crippen molar-refractivity contribution in [3.63, 3.8) is 0 Å². The molecule has 19 heavy (non-hydrogen) atoms. The summed E-state index contributed by atoms with van der Waals surface area (Å²) < 4.78 is 2.24.